The molecule has 0 atom stereocenters. The molecule has 138 valence electrons. The van der Waals surface area contributed by atoms with Crippen molar-refractivity contribution in [2.75, 3.05) is 14.2 Å². The lowest BCUT2D eigenvalue weighted by Gasteiger charge is -2.07. The van der Waals surface area contributed by atoms with Crippen LogP contribution in [0.4, 0.5) is 0 Å². The highest BCUT2D eigenvalue weighted by atomic mass is 35.5. The molecule has 27 heavy (non-hydrogen) atoms. The van der Waals surface area contributed by atoms with Crippen LogP contribution in [0.3, 0.4) is 0 Å². The molecule has 0 bridgehead atoms. The third kappa shape index (κ3) is 4.32. The molecule has 3 rings (SSSR count). The van der Waals surface area contributed by atoms with E-state index >= 15 is 0 Å². The molecule has 0 spiro atoms. The van der Waals surface area contributed by atoms with E-state index in [1.165, 1.54) is 0 Å². The minimum Gasteiger partial charge on any atom is -0.493 e. The first-order valence-corrected chi connectivity index (χ1v) is 8.64. The van der Waals surface area contributed by atoms with Crippen molar-refractivity contribution < 1.29 is 19.0 Å². The molecule has 1 aliphatic heterocycles. The van der Waals surface area contributed by atoms with Gasteiger partial charge in [0.15, 0.2) is 17.2 Å². The molecule has 0 unspecified atom stereocenters. The Labute approximate surface area is 166 Å². The van der Waals surface area contributed by atoms with Crippen LogP contribution in [-0.4, -0.2) is 26.1 Å². The highest BCUT2D eigenvalue weighted by molar-refractivity contribution is 6.42. The molecule has 0 saturated carbocycles. The van der Waals surface area contributed by atoms with Crippen molar-refractivity contribution >= 4 is 47.2 Å². The maximum atomic E-state index is 12.1. The number of hydrogen-bond acceptors (Lipinski definition) is 5. The number of ether oxygens (including phenoxy) is 3. The predicted molar refractivity (Wildman–Crippen MR) is 107 cm³/mol. The lowest BCUT2D eigenvalue weighted by Crippen LogP contribution is -2.01. The van der Waals surface area contributed by atoms with E-state index in [9.17, 15) is 4.79 Å². The summed E-state index contributed by atoms with van der Waals surface area (Å²) in [7, 11) is 3.10. The molecule has 2 aromatic rings. The van der Waals surface area contributed by atoms with Crippen LogP contribution in [0.25, 0.3) is 12.2 Å². The highest BCUT2D eigenvalue weighted by Crippen LogP contribution is 2.29. The van der Waals surface area contributed by atoms with Gasteiger partial charge in [-0.3, -0.25) is 0 Å². The Bertz CT molecular complexity index is 980. The predicted octanol–water partition coefficient (Wildman–Crippen LogP) is 5.02. The van der Waals surface area contributed by atoms with Crippen LogP contribution in [0.2, 0.25) is 10.0 Å². The Hall–Kier alpha value is -2.76. The van der Waals surface area contributed by atoms with Gasteiger partial charge in [0.1, 0.15) is 0 Å². The van der Waals surface area contributed by atoms with Gasteiger partial charge in [-0.05, 0) is 41.5 Å². The van der Waals surface area contributed by atoms with Crippen LogP contribution in [0.1, 0.15) is 11.1 Å². The fraction of sp³-hybridized carbons (Fsp3) is 0.100. The van der Waals surface area contributed by atoms with E-state index in [-0.39, 0.29) is 11.6 Å². The van der Waals surface area contributed by atoms with Crippen LogP contribution >= 0.6 is 23.2 Å². The normalized spacial score (nSPS) is 15.2. The highest BCUT2D eigenvalue weighted by Gasteiger charge is 2.21. The summed E-state index contributed by atoms with van der Waals surface area (Å²) in [6, 6.07) is 10.5. The standard InChI is InChI=1S/C20H15Cl2NO4/c1-25-16-8-6-12(11-17(16)26-2)10-15-20(24)27-18(23-15)9-7-13-4-3-5-14(21)19(13)22/h3-11H,1-2H3/b9-7+,15-10+. The van der Waals surface area contributed by atoms with E-state index in [0.717, 1.165) is 5.56 Å². The Balaban J connectivity index is 1.85. The van der Waals surface area contributed by atoms with Crippen molar-refractivity contribution in [1.82, 2.24) is 0 Å². The van der Waals surface area contributed by atoms with Crippen LogP contribution in [0.15, 0.2) is 53.2 Å². The molecule has 0 amide bonds. The average molecular weight is 404 g/mol. The summed E-state index contributed by atoms with van der Waals surface area (Å²) in [4.78, 5) is 16.3. The van der Waals surface area contributed by atoms with Crippen molar-refractivity contribution in [3.63, 3.8) is 0 Å². The molecule has 0 aromatic heterocycles. The number of aliphatic imine (C=N–C) groups is 1. The number of carbonyl (C=O) groups excluding carboxylic acids is 1. The first-order chi connectivity index (χ1) is 13.0. The van der Waals surface area contributed by atoms with Gasteiger partial charge in [-0.2, -0.15) is 0 Å². The molecule has 0 aliphatic carbocycles. The van der Waals surface area contributed by atoms with Crippen LogP contribution in [-0.2, 0) is 9.53 Å². The number of cyclic esters (lactones) is 1. The quantitative estimate of drug-likeness (QED) is 0.519. The maximum absolute atomic E-state index is 12.1. The summed E-state index contributed by atoms with van der Waals surface area (Å²) in [5.74, 6) is 0.779. The summed E-state index contributed by atoms with van der Waals surface area (Å²) < 4.78 is 15.6. The Kier molecular flexibility index (Phi) is 5.84. The summed E-state index contributed by atoms with van der Waals surface area (Å²) in [6.45, 7) is 0. The molecule has 0 radical (unpaired) electrons. The number of benzene rings is 2. The van der Waals surface area contributed by atoms with Crippen LogP contribution in [0.5, 0.6) is 11.5 Å². The van der Waals surface area contributed by atoms with E-state index in [0.29, 0.717) is 27.1 Å². The minimum atomic E-state index is -0.540. The molecule has 5 nitrogen and oxygen atoms in total. The van der Waals surface area contributed by atoms with E-state index in [2.05, 4.69) is 4.99 Å². The molecule has 1 aliphatic rings. The van der Waals surface area contributed by atoms with Gasteiger partial charge in [-0.1, -0.05) is 41.4 Å². The van der Waals surface area contributed by atoms with Crippen LogP contribution in [0, 0.1) is 0 Å². The van der Waals surface area contributed by atoms with E-state index < -0.39 is 5.97 Å². The summed E-state index contributed by atoms with van der Waals surface area (Å²) >= 11 is 12.1. The van der Waals surface area contributed by atoms with Gasteiger partial charge < -0.3 is 14.2 Å². The Morgan fingerprint density at radius 2 is 1.81 bits per heavy atom. The SMILES string of the molecule is COc1ccc(/C=C2N=C(/C=C/c3cccc(Cl)c3Cl)OC/2=O)cc1OC. The minimum absolute atomic E-state index is 0.169. The van der Waals surface area contributed by atoms with Crippen molar-refractivity contribution in [3.8, 4) is 11.5 Å². The molecule has 0 fully saturated rings. The van der Waals surface area contributed by atoms with Gasteiger partial charge in [-0.25, -0.2) is 9.79 Å². The van der Waals surface area contributed by atoms with Gasteiger partial charge in [0.25, 0.3) is 0 Å². The second kappa shape index (κ2) is 8.29. The van der Waals surface area contributed by atoms with Gasteiger partial charge in [0, 0.05) is 6.08 Å². The zero-order valence-corrected chi connectivity index (χ0v) is 16.0. The summed E-state index contributed by atoms with van der Waals surface area (Å²) in [5, 5.41) is 0.861. The van der Waals surface area contributed by atoms with E-state index in [1.807, 2.05) is 0 Å². The maximum Gasteiger partial charge on any atom is 0.363 e. The third-order valence-electron chi connectivity index (χ3n) is 3.73. The van der Waals surface area contributed by atoms with Gasteiger partial charge >= 0.3 is 5.97 Å². The number of nitrogens with zero attached hydrogens (tertiary/aromatic N) is 1. The second-order valence-corrected chi connectivity index (χ2v) is 6.25. The number of carbonyl (C=O) groups is 1. The molecule has 0 saturated heterocycles. The largest absolute Gasteiger partial charge is 0.493 e. The second-order valence-electron chi connectivity index (χ2n) is 5.46. The van der Waals surface area contributed by atoms with Crippen molar-refractivity contribution in [1.29, 1.82) is 0 Å². The topological polar surface area (TPSA) is 57.1 Å². The lowest BCUT2D eigenvalue weighted by atomic mass is 10.1. The molecule has 2 aromatic carbocycles. The van der Waals surface area contributed by atoms with Crippen LogP contribution < -0.4 is 9.47 Å². The van der Waals surface area contributed by atoms with E-state index in [1.54, 1.807) is 68.8 Å². The monoisotopic (exact) mass is 403 g/mol. The number of methoxy groups -OCH3 is 2. The van der Waals surface area contributed by atoms with Crippen molar-refractivity contribution in [3.05, 3.63) is 69.3 Å². The molecular formula is C20H15Cl2NO4. The fourth-order valence-electron chi connectivity index (χ4n) is 2.41. The fourth-order valence-corrected chi connectivity index (χ4v) is 2.78. The summed E-state index contributed by atoms with van der Waals surface area (Å²) in [5.41, 5.74) is 1.60. The lowest BCUT2D eigenvalue weighted by molar-refractivity contribution is -0.129. The van der Waals surface area contributed by atoms with Gasteiger partial charge in [-0.15, -0.1) is 0 Å². The summed E-state index contributed by atoms with van der Waals surface area (Å²) in [6.07, 6.45) is 4.85. The number of rotatable bonds is 5. The molecule has 7 heteroatoms. The zero-order valence-electron chi connectivity index (χ0n) is 14.5. The van der Waals surface area contributed by atoms with Crippen molar-refractivity contribution in [2.24, 2.45) is 4.99 Å². The molecular weight excluding hydrogens is 389 g/mol. The Morgan fingerprint density at radius 3 is 2.56 bits per heavy atom. The van der Waals surface area contributed by atoms with Gasteiger partial charge in [0.2, 0.25) is 5.90 Å². The average Bonchev–Trinajstić information content (AvgIpc) is 3.02. The number of hydrogen-bond donors (Lipinski definition) is 0. The smallest absolute Gasteiger partial charge is 0.363 e. The first-order valence-electron chi connectivity index (χ1n) is 7.88. The molecule has 1 heterocycles. The number of esters is 1. The van der Waals surface area contributed by atoms with E-state index in [4.69, 9.17) is 37.4 Å². The zero-order chi connectivity index (χ0) is 19.4. The number of halogens is 2. The third-order valence-corrected chi connectivity index (χ3v) is 4.57. The molecule has 0 N–H and O–H groups in total. The van der Waals surface area contributed by atoms with Gasteiger partial charge in [0.05, 0.1) is 24.3 Å². The first kappa shape index (κ1) is 19.0. The Morgan fingerprint density at radius 1 is 1.04 bits per heavy atom. The van der Waals surface area contributed by atoms with Crippen molar-refractivity contribution in [2.45, 2.75) is 0 Å².